The summed E-state index contributed by atoms with van der Waals surface area (Å²) in [5, 5.41) is 7.80. The van der Waals surface area contributed by atoms with E-state index in [0.29, 0.717) is 27.8 Å². The summed E-state index contributed by atoms with van der Waals surface area (Å²) in [7, 11) is 0. The molecule has 5 nitrogen and oxygen atoms in total. The number of amides is 1. The zero-order valence-electron chi connectivity index (χ0n) is 15.4. The minimum atomic E-state index is -0.435. The Hall–Kier alpha value is -3.51. The Kier molecular flexibility index (Phi) is 5.10. The van der Waals surface area contributed by atoms with Crippen molar-refractivity contribution in [1.29, 1.82) is 0 Å². The average molecular weight is 407 g/mol. The van der Waals surface area contributed by atoms with Gasteiger partial charge in [0.25, 0.3) is 5.91 Å². The third-order valence-electron chi connectivity index (χ3n) is 4.38. The number of benzene rings is 3. The molecule has 29 heavy (non-hydrogen) atoms. The number of anilines is 1. The second-order valence-corrected chi connectivity index (χ2v) is 6.86. The Morgan fingerprint density at radius 1 is 1.00 bits per heavy atom. The van der Waals surface area contributed by atoms with Gasteiger partial charge in [-0.05, 0) is 67.1 Å². The largest absolute Gasteiger partial charge is 0.319 e. The summed E-state index contributed by atoms with van der Waals surface area (Å²) in [5.41, 5.74) is 2.92. The molecule has 0 fully saturated rings. The van der Waals surface area contributed by atoms with Crippen LogP contribution in [0.15, 0.2) is 72.8 Å². The van der Waals surface area contributed by atoms with Crippen LogP contribution in [0.2, 0.25) is 5.02 Å². The molecule has 0 aliphatic heterocycles. The number of nitrogens with one attached hydrogen (secondary N) is 1. The lowest BCUT2D eigenvalue weighted by molar-refractivity contribution is 0.101. The van der Waals surface area contributed by atoms with Crippen LogP contribution >= 0.6 is 11.6 Å². The fourth-order valence-electron chi connectivity index (χ4n) is 2.85. The van der Waals surface area contributed by atoms with Crippen molar-refractivity contribution >= 4 is 23.2 Å². The number of para-hydroxylation sites is 1. The quantitative estimate of drug-likeness (QED) is 0.501. The Morgan fingerprint density at radius 2 is 1.69 bits per heavy atom. The van der Waals surface area contributed by atoms with Crippen molar-refractivity contribution in [3.05, 3.63) is 95.0 Å². The van der Waals surface area contributed by atoms with E-state index in [-0.39, 0.29) is 11.6 Å². The highest BCUT2D eigenvalue weighted by Gasteiger charge is 2.19. The van der Waals surface area contributed by atoms with Crippen molar-refractivity contribution in [1.82, 2.24) is 14.8 Å². The van der Waals surface area contributed by atoms with Crippen molar-refractivity contribution in [3.8, 4) is 17.1 Å². The third kappa shape index (κ3) is 4.02. The lowest BCUT2D eigenvalue weighted by atomic mass is 10.2. The van der Waals surface area contributed by atoms with E-state index in [1.54, 1.807) is 36.4 Å². The molecule has 0 spiro atoms. The lowest BCUT2D eigenvalue weighted by Crippen LogP contribution is -2.15. The molecule has 1 amide bonds. The van der Waals surface area contributed by atoms with Gasteiger partial charge in [0, 0.05) is 16.3 Å². The Morgan fingerprint density at radius 3 is 2.38 bits per heavy atom. The molecular formula is C22H16ClFN4O. The predicted molar refractivity (Wildman–Crippen MR) is 111 cm³/mol. The van der Waals surface area contributed by atoms with Gasteiger partial charge in [0.15, 0.2) is 5.82 Å². The van der Waals surface area contributed by atoms with Gasteiger partial charge in [0.1, 0.15) is 5.82 Å². The maximum absolute atomic E-state index is 13.4. The normalized spacial score (nSPS) is 10.7. The Labute approximate surface area is 171 Å². The fourth-order valence-corrected chi connectivity index (χ4v) is 2.97. The molecule has 144 valence electrons. The molecule has 7 heteroatoms. The monoisotopic (exact) mass is 406 g/mol. The number of hydrogen-bond acceptors (Lipinski definition) is 3. The zero-order valence-corrected chi connectivity index (χ0v) is 16.2. The summed E-state index contributed by atoms with van der Waals surface area (Å²) in [4.78, 5) is 17.2. The second kappa shape index (κ2) is 7.85. The number of aromatic nitrogens is 3. The van der Waals surface area contributed by atoms with Gasteiger partial charge in [0.05, 0.1) is 5.69 Å². The van der Waals surface area contributed by atoms with Crippen LogP contribution in [0.3, 0.4) is 0 Å². The van der Waals surface area contributed by atoms with Gasteiger partial charge in [-0.2, -0.15) is 0 Å². The highest BCUT2D eigenvalue weighted by Crippen LogP contribution is 2.23. The van der Waals surface area contributed by atoms with Crippen LogP contribution in [0, 0.1) is 12.7 Å². The summed E-state index contributed by atoms with van der Waals surface area (Å²) >= 11 is 5.98. The van der Waals surface area contributed by atoms with Gasteiger partial charge in [0.2, 0.25) is 5.82 Å². The molecule has 4 aromatic rings. The van der Waals surface area contributed by atoms with Gasteiger partial charge in [-0.3, -0.25) is 4.79 Å². The Bertz CT molecular complexity index is 1110. The highest BCUT2D eigenvalue weighted by molar-refractivity contribution is 6.30. The standard InChI is InChI=1S/C22H16ClFN4O/c1-14-4-2-3-5-19(14)25-22(29)20-26-21(15-6-10-17(24)11-7-15)28(27-20)18-12-8-16(23)9-13-18/h2-13H,1H3,(H,25,29). The third-order valence-corrected chi connectivity index (χ3v) is 4.63. The van der Waals surface area contributed by atoms with Crippen LogP contribution in [0.25, 0.3) is 17.1 Å². The summed E-state index contributed by atoms with van der Waals surface area (Å²) in [6.07, 6.45) is 0. The van der Waals surface area contributed by atoms with Crippen LogP contribution in [0.5, 0.6) is 0 Å². The van der Waals surface area contributed by atoms with E-state index in [1.165, 1.54) is 16.8 Å². The van der Waals surface area contributed by atoms with Crippen molar-refractivity contribution in [3.63, 3.8) is 0 Å². The fraction of sp³-hybridized carbons (Fsp3) is 0.0455. The first-order valence-corrected chi connectivity index (χ1v) is 9.25. The zero-order chi connectivity index (χ0) is 20.4. The molecule has 1 heterocycles. The molecule has 0 atom stereocenters. The number of rotatable bonds is 4. The number of aryl methyl sites for hydroxylation is 1. The number of carbonyl (C=O) groups is 1. The topological polar surface area (TPSA) is 59.8 Å². The minimum Gasteiger partial charge on any atom is -0.319 e. The lowest BCUT2D eigenvalue weighted by Gasteiger charge is -2.06. The second-order valence-electron chi connectivity index (χ2n) is 6.42. The molecule has 0 unspecified atom stereocenters. The van der Waals surface area contributed by atoms with E-state index < -0.39 is 5.91 Å². The van der Waals surface area contributed by atoms with E-state index in [2.05, 4.69) is 15.4 Å². The maximum Gasteiger partial charge on any atom is 0.295 e. The summed E-state index contributed by atoms with van der Waals surface area (Å²) < 4.78 is 14.9. The molecule has 0 bridgehead atoms. The molecule has 3 aromatic carbocycles. The molecule has 0 radical (unpaired) electrons. The molecular weight excluding hydrogens is 391 g/mol. The molecule has 1 N–H and O–H groups in total. The average Bonchev–Trinajstić information content (AvgIpc) is 3.16. The summed E-state index contributed by atoms with van der Waals surface area (Å²) in [5.74, 6) is -0.371. The number of halogens is 2. The van der Waals surface area contributed by atoms with Crippen molar-refractivity contribution in [2.45, 2.75) is 6.92 Å². The van der Waals surface area contributed by atoms with E-state index in [4.69, 9.17) is 11.6 Å². The molecule has 0 saturated heterocycles. The molecule has 0 saturated carbocycles. The van der Waals surface area contributed by atoms with Crippen LogP contribution in [-0.2, 0) is 0 Å². The smallest absolute Gasteiger partial charge is 0.295 e. The SMILES string of the molecule is Cc1ccccc1NC(=O)c1nc(-c2ccc(F)cc2)n(-c2ccc(Cl)cc2)n1. The van der Waals surface area contributed by atoms with Gasteiger partial charge in [-0.25, -0.2) is 14.1 Å². The highest BCUT2D eigenvalue weighted by atomic mass is 35.5. The predicted octanol–water partition coefficient (Wildman–Crippen LogP) is 5.29. The molecule has 0 aliphatic rings. The van der Waals surface area contributed by atoms with E-state index in [1.807, 2.05) is 31.2 Å². The molecule has 0 aliphatic carbocycles. The van der Waals surface area contributed by atoms with Crippen LogP contribution < -0.4 is 5.32 Å². The summed E-state index contributed by atoms with van der Waals surface area (Å²) in [6.45, 7) is 1.90. The van der Waals surface area contributed by atoms with E-state index in [0.717, 1.165) is 5.56 Å². The van der Waals surface area contributed by atoms with Gasteiger partial charge in [-0.15, -0.1) is 5.10 Å². The van der Waals surface area contributed by atoms with Crippen LogP contribution in [-0.4, -0.2) is 20.7 Å². The first-order valence-electron chi connectivity index (χ1n) is 8.87. The summed E-state index contributed by atoms with van der Waals surface area (Å²) in [6, 6.07) is 20.3. The van der Waals surface area contributed by atoms with Crippen LogP contribution in [0.4, 0.5) is 10.1 Å². The Balaban J connectivity index is 1.76. The van der Waals surface area contributed by atoms with E-state index >= 15 is 0 Å². The van der Waals surface area contributed by atoms with Gasteiger partial charge in [-0.1, -0.05) is 29.8 Å². The van der Waals surface area contributed by atoms with Gasteiger partial charge < -0.3 is 5.32 Å². The van der Waals surface area contributed by atoms with Crippen LogP contribution in [0.1, 0.15) is 16.2 Å². The molecule has 4 rings (SSSR count). The van der Waals surface area contributed by atoms with E-state index in [9.17, 15) is 9.18 Å². The van der Waals surface area contributed by atoms with Crippen molar-refractivity contribution in [2.75, 3.05) is 5.32 Å². The number of hydrogen-bond donors (Lipinski definition) is 1. The first-order chi connectivity index (χ1) is 14.0. The minimum absolute atomic E-state index is 0.00234. The number of carbonyl (C=O) groups excluding carboxylic acids is 1. The van der Waals surface area contributed by atoms with Crippen molar-refractivity contribution in [2.24, 2.45) is 0 Å². The number of nitrogens with zero attached hydrogens (tertiary/aromatic N) is 3. The van der Waals surface area contributed by atoms with Gasteiger partial charge >= 0.3 is 0 Å². The first kappa shape index (κ1) is 18.8. The van der Waals surface area contributed by atoms with Crippen molar-refractivity contribution < 1.29 is 9.18 Å². The maximum atomic E-state index is 13.4. The molecule has 1 aromatic heterocycles.